The van der Waals surface area contributed by atoms with Gasteiger partial charge in [-0.05, 0) is 6.07 Å². The second-order valence-corrected chi connectivity index (χ2v) is 6.72. The van der Waals surface area contributed by atoms with Gasteiger partial charge in [-0.3, -0.25) is 9.59 Å². The van der Waals surface area contributed by atoms with Gasteiger partial charge in [0.15, 0.2) is 9.84 Å². The summed E-state index contributed by atoms with van der Waals surface area (Å²) in [5.41, 5.74) is 0.259. The predicted molar refractivity (Wildman–Crippen MR) is 67.8 cm³/mol. The van der Waals surface area contributed by atoms with Crippen LogP contribution < -0.4 is 0 Å². The van der Waals surface area contributed by atoms with Crippen LogP contribution >= 0.6 is 0 Å². The number of carboxylic acids is 1. The molecule has 1 aliphatic rings. The second kappa shape index (κ2) is 5.53. The van der Waals surface area contributed by atoms with E-state index in [1.807, 2.05) is 0 Å². The van der Waals surface area contributed by atoms with Crippen LogP contribution in [0.25, 0.3) is 0 Å². The van der Waals surface area contributed by atoms with Crippen LogP contribution in [0.4, 0.5) is 0 Å². The molecule has 1 aromatic heterocycles. The van der Waals surface area contributed by atoms with Gasteiger partial charge in [-0.2, -0.15) is 10.2 Å². The summed E-state index contributed by atoms with van der Waals surface area (Å²) in [7, 11) is -3.31. The maximum absolute atomic E-state index is 12.3. The number of hydrogen-bond acceptors (Lipinski definition) is 6. The highest BCUT2D eigenvalue weighted by Crippen LogP contribution is 2.17. The van der Waals surface area contributed by atoms with Gasteiger partial charge in [-0.15, -0.1) is 0 Å². The molecule has 0 saturated carbocycles. The number of sulfone groups is 1. The van der Waals surface area contributed by atoms with E-state index in [-0.39, 0.29) is 23.6 Å². The summed E-state index contributed by atoms with van der Waals surface area (Å²) < 4.78 is 23.2. The van der Waals surface area contributed by atoms with Crippen molar-refractivity contribution >= 4 is 21.7 Å². The molecule has 2 rings (SSSR count). The van der Waals surface area contributed by atoms with E-state index in [1.165, 1.54) is 23.4 Å². The van der Waals surface area contributed by atoms with E-state index < -0.39 is 34.2 Å². The van der Waals surface area contributed by atoms with Crippen LogP contribution in [-0.2, 0) is 14.6 Å². The summed E-state index contributed by atoms with van der Waals surface area (Å²) in [6.45, 7) is -0.0125. The Morgan fingerprint density at radius 3 is 2.75 bits per heavy atom. The number of carbonyl (C=O) groups is 2. The third-order valence-electron chi connectivity index (χ3n) is 3.03. The molecule has 0 radical (unpaired) electrons. The zero-order valence-electron chi connectivity index (χ0n) is 10.5. The highest BCUT2D eigenvalue weighted by molar-refractivity contribution is 7.91. The van der Waals surface area contributed by atoms with Gasteiger partial charge in [0.2, 0.25) is 0 Å². The molecule has 2 heterocycles. The average Bonchev–Trinajstić information content (AvgIpc) is 2.37. The Bertz CT molecular complexity index is 616. The zero-order valence-corrected chi connectivity index (χ0v) is 11.3. The Morgan fingerprint density at radius 1 is 1.40 bits per heavy atom. The summed E-state index contributed by atoms with van der Waals surface area (Å²) in [5.74, 6) is -2.06. The highest BCUT2D eigenvalue weighted by atomic mass is 32.2. The van der Waals surface area contributed by atoms with Gasteiger partial charge < -0.3 is 10.0 Å². The quantitative estimate of drug-likeness (QED) is 0.775. The van der Waals surface area contributed by atoms with Gasteiger partial charge in [0.1, 0.15) is 0 Å². The monoisotopic (exact) mass is 299 g/mol. The van der Waals surface area contributed by atoms with Crippen molar-refractivity contribution in [1.29, 1.82) is 0 Å². The molecule has 0 aliphatic carbocycles. The van der Waals surface area contributed by atoms with Gasteiger partial charge in [0, 0.05) is 6.54 Å². The fraction of sp³-hybridized carbons (Fsp3) is 0.455. The molecule has 1 atom stereocenters. The smallest absolute Gasteiger partial charge is 0.305 e. The van der Waals surface area contributed by atoms with Crippen molar-refractivity contribution in [1.82, 2.24) is 15.1 Å². The molecule has 1 unspecified atom stereocenters. The van der Waals surface area contributed by atoms with Crippen molar-refractivity contribution in [2.24, 2.45) is 0 Å². The summed E-state index contributed by atoms with van der Waals surface area (Å²) in [6.07, 6.45) is 2.22. The summed E-state index contributed by atoms with van der Waals surface area (Å²) >= 11 is 0. The van der Waals surface area contributed by atoms with E-state index in [1.54, 1.807) is 0 Å². The maximum Gasteiger partial charge on any atom is 0.305 e. The standard InChI is InChI=1S/C11H13N3O5S/c15-10(16)5-9-7-20(18,19)4-3-14(9)11(17)8-1-2-12-13-6-8/h1-2,6,9H,3-5,7H2,(H,15,16). The van der Waals surface area contributed by atoms with E-state index >= 15 is 0 Å². The number of nitrogens with zero attached hydrogens (tertiary/aromatic N) is 3. The van der Waals surface area contributed by atoms with Crippen LogP contribution in [-0.4, -0.2) is 64.6 Å². The molecular weight excluding hydrogens is 286 g/mol. The summed E-state index contributed by atoms with van der Waals surface area (Å²) in [5, 5.41) is 16.0. The first-order chi connectivity index (χ1) is 9.39. The molecule has 1 aliphatic heterocycles. The second-order valence-electron chi connectivity index (χ2n) is 4.50. The predicted octanol–water partition coefficient (Wildman–Crippen LogP) is -0.809. The molecule has 1 aromatic rings. The maximum atomic E-state index is 12.3. The van der Waals surface area contributed by atoms with Gasteiger partial charge >= 0.3 is 5.97 Å². The number of rotatable bonds is 3. The lowest BCUT2D eigenvalue weighted by molar-refractivity contribution is -0.138. The summed E-state index contributed by atoms with van der Waals surface area (Å²) in [4.78, 5) is 24.4. The van der Waals surface area contributed by atoms with Crippen LogP contribution in [0.2, 0.25) is 0 Å². The number of carboxylic acid groups (broad SMARTS) is 1. The van der Waals surface area contributed by atoms with E-state index in [0.29, 0.717) is 0 Å². The Hall–Kier alpha value is -2.03. The molecule has 1 N–H and O–H groups in total. The Balaban J connectivity index is 2.24. The lowest BCUT2D eigenvalue weighted by Gasteiger charge is -2.34. The van der Waals surface area contributed by atoms with Crippen LogP contribution in [0.15, 0.2) is 18.5 Å². The topological polar surface area (TPSA) is 118 Å². The first-order valence-corrected chi connectivity index (χ1v) is 7.71. The molecule has 1 saturated heterocycles. The van der Waals surface area contributed by atoms with Crippen molar-refractivity contribution in [3.05, 3.63) is 24.0 Å². The molecule has 0 spiro atoms. The van der Waals surface area contributed by atoms with Crippen LogP contribution in [0.5, 0.6) is 0 Å². The average molecular weight is 299 g/mol. The van der Waals surface area contributed by atoms with E-state index in [0.717, 1.165) is 0 Å². The minimum Gasteiger partial charge on any atom is -0.481 e. The highest BCUT2D eigenvalue weighted by Gasteiger charge is 2.35. The molecule has 20 heavy (non-hydrogen) atoms. The summed E-state index contributed by atoms with van der Waals surface area (Å²) in [6, 6.07) is 0.600. The number of hydrogen-bond donors (Lipinski definition) is 1. The molecular formula is C11H13N3O5S. The molecule has 0 aromatic carbocycles. The normalized spacial score (nSPS) is 21.4. The number of carbonyl (C=O) groups excluding carboxylic acids is 1. The Kier molecular flexibility index (Phi) is 3.98. The van der Waals surface area contributed by atoms with Crippen molar-refractivity contribution in [3.63, 3.8) is 0 Å². The lowest BCUT2D eigenvalue weighted by atomic mass is 10.1. The third kappa shape index (κ3) is 3.29. The fourth-order valence-electron chi connectivity index (χ4n) is 2.11. The van der Waals surface area contributed by atoms with Gasteiger partial charge in [-0.25, -0.2) is 8.42 Å². The van der Waals surface area contributed by atoms with Crippen LogP contribution in [0.1, 0.15) is 16.8 Å². The Morgan fingerprint density at radius 2 is 2.15 bits per heavy atom. The zero-order chi connectivity index (χ0) is 14.8. The van der Waals surface area contributed by atoms with Crippen molar-refractivity contribution < 1.29 is 23.1 Å². The molecule has 108 valence electrons. The van der Waals surface area contributed by atoms with Crippen molar-refractivity contribution in [3.8, 4) is 0 Å². The molecule has 1 fully saturated rings. The fourth-order valence-corrected chi connectivity index (χ4v) is 3.63. The number of amides is 1. The molecule has 1 amide bonds. The minimum absolute atomic E-state index is 0.0125. The first-order valence-electron chi connectivity index (χ1n) is 5.89. The molecule has 0 bridgehead atoms. The largest absolute Gasteiger partial charge is 0.481 e. The Labute approximate surface area is 115 Å². The van der Waals surface area contributed by atoms with Crippen LogP contribution in [0.3, 0.4) is 0 Å². The first kappa shape index (κ1) is 14.4. The van der Waals surface area contributed by atoms with E-state index in [4.69, 9.17) is 5.11 Å². The third-order valence-corrected chi connectivity index (χ3v) is 4.73. The van der Waals surface area contributed by atoms with Gasteiger partial charge in [0.25, 0.3) is 5.91 Å². The SMILES string of the molecule is O=C(O)CC1CS(=O)(=O)CCN1C(=O)c1ccnnc1. The van der Waals surface area contributed by atoms with Crippen molar-refractivity contribution in [2.75, 3.05) is 18.1 Å². The lowest BCUT2D eigenvalue weighted by Crippen LogP contribution is -2.52. The van der Waals surface area contributed by atoms with Gasteiger partial charge in [-0.1, -0.05) is 0 Å². The van der Waals surface area contributed by atoms with Gasteiger partial charge in [0.05, 0.1) is 41.9 Å². The molecule has 8 nitrogen and oxygen atoms in total. The molecule has 9 heteroatoms. The van der Waals surface area contributed by atoms with E-state index in [2.05, 4.69) is 10.2 Å². The number of aromatic nitrogens is 2. The van der Waals surface area contributed by atoms with Crippen molar-refractivity contribution in [2.45, 2.75) is 12.5 Å². The van der Waals surface area contributed by atoms with E-state index in [9.17, 15) is 18.0 Å². The number of aliphatic carboxylic acids is 1. The minimum atomic E-state index is -3.31. The van der Waals surface area contributed by atoms with Crippen LogP contribution in [0, 0.1) is 0 Å².